The van der Waals surface area contributed by atoms with Gasteiger partial charge in [-0.25, -0.2) is 13.6 Å². The molecular weight excluding hydrogens is 250 g/mol. The molecule has 0 aromatic rings. The molecular formula is C15H20F2O2. The number of carbonyl (C=O) groups is 1. The Hall–Kier alpha value is -1.19. The Labute approximate surface area is 112 Å². The van der Waals surface area contributed by atoms with Crippen LogP contribution in [0.15, 0.2) is 22.8 Å². The number of fused-ring (bicyclic) bond motifs is 1. The molecule has 1 unspecified atom stereocenters. The molecule has 0 aliphatic heterocycles. The summed E-state index contributed by atoms with van der Waals surface area (Å²) in [5.74, 6) is -4.27. The Morgan fingerprint density at radius 1 is 1.32 bits per heavy atom. The van der Waals surface area contributed by atoms with Crippen molar-refractivity contribution in [3.63, 3.8) is 0 Å². The highest BCUT2D eigenvalue weighted by Gasteiger charge is 2.69. The molecule has 2 nitrogen and oxygen atoms in total. The molecule has 4 heteroatoms. The van der Waals surface area contributed by atoms with Crippen LogP contribution in [0.2, 0.25) is 0 Å². The van der Waals surface area contributed by atoms with Crippen molar-refractivity contribution < 1.29 is 18.7 Å². The van der Waals surface area contributed by atoms with Crippen LogP contribution in [-0.4, -0.2) is 17.0 Å². The number of hydrogen-bond acceptors (Lipinski definition) is 1. The molecule has 1 atom stereocenters. The molecule has 2 aliphatic rings. The van der Waals surface area contributed by atoms with Crippen molar-refractivity contribution >= 4 is 5.97 Å². The van der Waals surface area contributed by atoms with E-state index in [0.717, 1.165) is 0 Å². The van der Waals surface area contributed by atoms with Crippen molar-refractivity contribution in [2.45, 2.75) is 47.0 Å². The van der Waals surface area contributed by atoms with Crippen LogP contribution in [0.5, 0.6) is 0 Å². The number of alkyl halides is 2. The van der Waals surface area contributed by atoms with Crippen LogP contribution < -0.4 is 0 Å². The Balaban J connectivity index is 2.63. The van der Waals surface area contributed by atoms with Crippen LogP contribution >= 0.6 is 0 Å². The molecule has 19 heavy (non-hydrogen) atoms. The first-order valence-electron chi connectivity index (χ1n) is 6.47. The SMILES string of the molecule is CC1=C(C(=O)O)CC2C(=C1)C(C)(C)C(F)(F)C2(C)C. The maximum atomic E-state index is 14.7. The number of allylic oxidation sites excluding steroid dienone is 3. The van der Waals surface area contributed by atoms with Crippen LogP contribution in [-0.2, 0) is 4.79 Å². The fraction of sp³-hybridized carbons (Fsp3) is 0.667. The van der Waals surface area contributed by atoms with E-state index in [2.05, 4.69) is 0 Å². The van der Waals surface area contributed by atoms with Gasteiger partial charge >= 0.3 is 5.97 Å². The Kier molecular flexibility index (Phi) is 2.75. The summed E-state index contributed by atoms with van der Waals surface area (Å²) in [7, 11) is 0. The van der Waals surface area contributed by atoms with Gasteiger partial charge in [0.2, 0.25) is 0 Å². The van der Waals surface area contributed by atoms with Crippen LogP contribution in [0.25, 0.3) is 0 Å². The molecule has 2 rings (SSSR count). The van der Waals surface area contributed by atoms with Gasteiger partial charge in [-0.05, 0) is 24.8 Å². The fourth-order valence-electron chi connectivity index (χ4n) is 3.62. The predicted octanol–water partition coefficient (Wildman–Crippen LogP) is 4.04. The van der Waals surface area contributed by atoms with Crippen molar-refractivity contribution in [2.75, 3.05) is 0 Å². The smallest absolute Gasteiger partial charge is 0.331 e. The minimum absolute atomic E-state index is 0.193. The third-order valence-electron chi connectivity index (χ3n) is 5.08. The van der Waals surface area contributed by atoms with Crippen LogP contribution in [0.3, 0.4) is 0 Å². The zero-order valence-corrected chi connectivity index (χ0v) is 12.0. The van der Waals surface area contributed by atoms with E-state index in [0.29, 0.717) is 11.1 Å². The van der Waals surface area contributed by atoms with Gasteiger partial charge in [0.05, 0.1) is 5.41 Å². The Morgan fingerprint density at radius 3 is 2.32 bits per heavy atom. The van der Waals surface area contributed by atoms with Gasteiger partial charge in [-0.3, -0.25) is 0 Å². The van der Waals surface area contributed by atoms with Crippen LogP contribution in [0.4, 0.5) is 8.78 Å². The standard InChI is InChI=1S/C15H20F2O2/c1-8-6-10-11(7-9(8)12(18)19)14(4,5)15(16,17)13(10,2)3/h6,11H,7H2,1-5H3,(H,18,19). The summed E-state index contributed by atoms with van der Waals surface area (Å²) in [6.45, 7) is 7.88. The third kappa shape index (κ3) is 1.55. The van der Waals surface area contributed by atoms with Gasteiger partial charge < -0.3 is 5.11 Å². The highest BCUT2D eigenvalue weighted by molar-refractivity contribution is 5.88. The molecule has 0 aromatic carbocycles. The number of aliphatic carboxylic acids is 1. The van der Waals surface area contributed by atoms with Gasteiger partial charge in [-0.15, -0.1) is 0 Å². The zero-order chi connectivity index (χ0) is 14.8. The first-order valence-corrected chi connectivity index (χ1v) is 6.47. The van der Waals surface area contributed by atoms with E-state index < -0.39 is 28.6 Å². The monoisotopic (exact) mass is 270 g/mol. The zero-order valence-electron chi connectivity index (χ0n) is 12.0. The van der Waals surface area contributed by atoms with E-state index in [1.54, 1.807) is 40.7 Å². The van der Waals surface area contributed by atoms with E-state index >= 15 is 0 Å². The molecule has 0 aromatic heterocycles. The molecule has 0 saturated heterocycles. The lowest BCUT2D eigenvalue weighted by atomic mass is 9.73. The highest BCUT2D eigenvalue weighted by atomic mass is 19.3. The lowest BCUT2D eigenvalue weighted by molar-refractivity contribution is -0.151. The summed E-state index contributed by atoms with van der Waals surface area (Å²) in [6.07, 6.45) is 1.86. The van der Waals surface area contributed by atoms with Crippen molar-refractivity contribution in [3.05, 3.63) is 22.8 Å². The van der Waals surface area contributed by atoms with Crippen molar-refractivity contribution in [1.82, 2.24) is 0 Å². The Morgan fingerprint density at radius 2 is 1.84 bits per heavy atom. The average molecular weight is 270 g/mol. The van der Waals surface area contributed by atoms with Crippen molar-refractivity contribution in [2.24, 2.45) is 16.7 Å². The molecule has 1 fully saturated rings. The topological polar surface area (TPSA) is 37.3 Å². The molecule has 0 bridgehead atoms. The summed E-state index contributed by atoms with van der Waals surface area (Å²) < 4.78 is 29.3. The maximum Gasteiger partial charge on any atom is 0.331 e. The number of hydrogen-bond donors (Lipinski definition) is 1. The lowest BCUT2D eigenvalue weighted by Gasteiger charge is -2.36. The lowest BCUT2D eigenvalue weighted by Crippen LogP contribution is -2.42. The molecule has 0 amide bonds. The summed E-state index contributed by atoms with van der Waals surface area (Å²) in [5, 5.41) is 9.18. The summed E-state index contributed by atoms with van der Waals surface area (Å²) in [4.78, 5) is 11.2. The van der Waals surface area contributed by atoms with Crippen LogP contribution in [0.1, 0.15) is 41.0 Å². The van der Waals surface area contributed by atoms with E-state index in [1.807, 2.05) is 0 Å². The first kappa shape index (κ1) is 14.2. The number of carboxylic acids is 1. The van der Waals surface area contributed by atoms with Crippen molar-refractivity contribution in [1.29, 1.82) is 0 Å². The highest BCUT2D eigenvalue weighted by Crippen LogP contribution is 2.67. The summed E-state index contributed by atoms with van der Waals surface area (Å²) >= 11 is 0. The summed E-state index contributed by atoms with van der Waals surface area (Å²) in [5.41, 5.74) is -0.920. The molecule has 106 valence electrons. The maximum absolute atomic E-state index is 14.7. The molecule has 2 aliphatic carbocycles. The second kappa shape index (κ2) is 3.68. The van der Waals surface area contributed by atoms with E-state index in [1.165, 1.54) is 0 Å². The quantitative estimate of drug-likeness (QED) is 0.781. The number of carboxylic acid groups (broad SMARTS) is 1. The second-order valence-corrected chi connectivity index (χ2v) is 6.74. The van der Waals surface area contributed by atoms with Gasteiger partial charge in [0.15, 0.2) is 0 Å². The first-order chi connectivity index (χ1) is 8.44. The van der Waals surface area contributed by atoms with Crippen LogP contribution in [0, 0.1) is 16.7 Å². The van der Waals surface area contributed by atoms with Gasteiger partial charge in [0.1, 0.15) is 0 Å². The fourth-order valence-corrected chi connectivity index (χ4v) is 3.62. The largest absolute Gasteiger partial charge is 0.478 e. The molecule has 0 heterocycles. The van der Waals surface area contributed by atoms with E-state index in [9.17, 15) is 18.7 Å². The number of rotatable bonds is 1. The molecule has 1 N–H and O–H groups in total. The molecule has 1 saturated carbocycles. The van der Waals surface area contributed by atoms with E-state index in [-0.39, 0.29) is 12.0 Å². The second-order valence-electron chi connectivity index (χ2n) is 6.74. The predicted molar refractivity (Wildman–Crippen MR) is 69.0 cm³/mol. The minimum atomic E-state index is -2.86. The van der Waals surface area contributed by atoms with Crippen molar-refractivity contribution in [3.8, 4) is 0 Å². The average Bonchev–Trinajstić information content (AvgIpc) is 2.35. The Bertz CT molecular complexity index is 510. The van der Waals surface area contributed by atoms with Gasteiger partial charge in [-0.2, -0.15) is 0 Å². The molecule has 0 radical (unpaired) electrons. The summed E-state index contributed by atoms with van der Waals surface area (Å²) in [6, 6.07) is 0. The third-order valence-corrected chi connectivity index (χ3v) is 5.08. The van der Waals surface area contributed by atoms with Gasteiger partial charge in [0.25, 0.3) is 5.92 Å². The molecule has 0 spiro atoms. The number of halogens is 2. The van der Waals surface area contributed by atoms with Gasteiger partial charge in [0, 0.05) is 11.0 Å². The normalized spacial score (nSPS) is 30.9. The van der Waals surface area contributed by atoms with E-state index in [4.69, 9.17) is 0 Å². The minimum Gasteiger partial charge on any atom is -0.478 e. The van der Waals surface area contributed by atoms with Gasteiger partial charge in [-0.1, -0.05) is 39.3 Å².